The van der Waals surface area contributed by atoms with Crippen molar-refractivity contribution < 1.29 is 9.59 Å². The van der Waals surface area contributed by atoms with Crippen molar-refractivity contribution in [3.05, 3.63) is 105 Å². The molecule has 0 saturated carbocycles. The third-order valence-electron chi connectivity index (χ3n) is 6.61. The Kier molecular flexibility index (Phi) is 10.3. The number of halogens is 2. The number of amides is 2. The minimum atomic E-state index is -0.741. The molecule has 1 unspecified atom stereocenters. The van der Waals surface area contributed by atoms with Crippen LogP contribution in [0, 0.1) is 0 Å². The average Bonchev–Trinajstić information content (AvgIpc) is 2.85. The van der Waals surface area contributed by atoms with Gasteiger partial charge in [-0.2, -0.15) is 0 Å². The van der Waals surface area contributed by atoms with Crippen molar-refractivity contribution in [1.82, 2.24) is 10.2 Å². The molecule has 0 fully saturated rings. The van der Waals surface area contributed by atoms with Crippen LogP contribution in [-0.4, -0.2) is 28.3 Å². The standard InChI is InChI=1S/C33H40Cl2N2O2/c1-32(2,3)25-18-15-23(16-19-25)17-20-30(38)37(22-26-27(34)13-10-14-28(26)35)29(31(39)36-33(4,5)6)21-24-11-8-7-9-12-24/h7-16,18-19,29H,17,20-22H2,1-6H3,(H,36,39). The second-order valence-corrected chi connectivity index (χ2v) is 12.9. The van der Waals surface area contributed by atoms with Gasteiger partial charge in [0.25, 0.3) is 0 Å². The number of rotatable bonds is 9. The Bertz CT molecular complexity index is 1240. The van der Waals surface area contributed by atoms with Crippen molar-refractivity contribution in [3.8, 4) is 0 Å². The molecule has 1 atom stereocenters. The summed E-state index contributed by atoms with van der Waals surface area (Å²) in [4.78, 5) is 29.3. The third-order valence-corrected chi connectivity index (χ3v) is 7.32. The van der Waals surface area contributed by atoms with Crippen LogP contribution in [0.15, 0.2) is 72.8 Å². The number of carbonyl (C=O) groups excluding carboxylic acids is 2. The van der Waals surface area contributed by atoms with Gasteiger partial charge in [0.05, 0.1) is 0 Å². The van der Waals surface area contributed by atoms with Gasteiger partial charge in [-0.25, -0.2) is 0 Å². The summed E-state index contributed by atoms with van der Waals surface area (Å²) in [6, 6.07) is 22.7. The lowest BCUT2D eigenvalue weighted by atomic mass is 9.86. The first-order valence-electron chi connectivity index (χ1n) is 13.4. The van der Waals surface area contributed by atoms with Gasteiger partial charge in [0, 0.05) is 40.5 Å². The molecule has 0 aliphatic carbocycles. The highest BCUT2D eigenvalue weighted by Gasteiger charge is 2.32. The molecule has 39 heavy (non-hydrogen) atoms. The highest BCUT2D eigenvalue weighted by molar-refractivity contribution is 6.36. The molecule has 1 N–H and O–H groups in total. The molecule has 0 aromatic heterocycles. The van der Waals surface area contributed by atoms with Crippen LogP contribution in [-0.2, 0) is 34.4 Å². The van der Waals surface area contributed by atoms with Crippen LogP contribution in [0.5, 0.6) is 0 Å². The number of carbonyl (C=O) groups is 2. The number of nitrogens with zero attached hydrogens (tertiary/aromatic N) is 1. The van der Waals surface area contributed by atoms with E-state index < -0.39 is 11.6 Å². The molecule has 0 aliphatic heterocycles. The minimum absolute atomic E-state index is 0.0600. The normalized spacial score (nSPS) is 12.6. The number of nitrogens with one attached hydrogen (secondary N) is 1. The van der Waals surface area contributed by atoms with Gasteiger partial charge in [-0.15, -0.1) is 0 Å². The summed E-state index contributed by atoms with van der Waals surface area (Å²) < 4.78 is 0. The predicted octanol–water partition coefficient (Wildman–Crippen LogP) is 7.78. The molecule has 6 heteroatoms. The number of hydrogen-bond acceptors (Lipinski definition) is 2. The van der Waals surface area contributed by atoms with Gasteiger partial charge in [0.2, 0.25) is 11.8 Å². The lowest BCUT2D eigenvalue weighted by Crippen LogP contribution is -2.54. The first kappa shape index (κ1) is 30.7. The molecule has 208 valence electrons. The highest BCUT2D eigenvalue weighted by atomic mass is 35.5. The Balaban J connectivity index is 1.95. The molecule has 0 saturated heterocycles. The molecule has 0 aliphatic rings. The molecular formula is C33H40Cl2N2O2. The van der Waals surface area contributed by atoms with E-state index in [0.29, 0.717) is 28.5 Å². The van der Waals surface area contributed by atoms with Gasteiger partial charge in [-0.3, -0.25) is 9.59 Å². The predicted molar refractivity (Wildman–Crippen MR) is 162 cm³/mol. The molecule has 3 rings (SSSR count). The first-order valence-corrected chi connectivity index (χ1v) is 14.2. The second-order valence-electron chi connectivity index (χ2n) is 12.1. The smallest absolute Gasteiger partial charge is 0.243 e. The minimum Gasteiger partial charge on any atom is -0.350 e. The van der Waals surface area contributed by atoms with Crippen molar-refractivity contribution in [3.63, 3.8) is 0 Å². The van der Waals surface area contributed by atoms with Crippen molar-refractivity contribution >= 4 is 35.0 Å². The van der Waals surface area contributed by atoms with Crippen LogP contribution >= 0.6 is 23.2 Å². The van der Waals surface area contributed by atoms with E-state index in [1.165, 1.54) is 5.56 Å². The maximum atomic E-state index is 13.9. The summed E-state index contributed by atoms with van der Waals surface area (Å²) in [5, 5.41) is 4.02. The number of hydrogen-bond donors (Lipinski definition) is 1. The summed E-state index contributed by atoms with van der Waals surface area (Å²) in [6.45, 7) is 12.5. The van der Waals surface area contributed by atoms with Gasteiger partial charge in [0.15, 0.2) is 0 Å². The SMILES string of the molecule is CC(C)(C)NC(=O)C(Cc1ccccc1)N(Cc1c(Cl)cccc1Cl)C(=O)CCc1ccc(C(C)(C)C)cc1. The summed E-state index contributed by atoms with van der Waals surface area (Å²) >= 11 is 13.1. The fourth-order valence-corrected chi connectivity index (χ4v) is 4.94. The summed E-state index contributed by atoms with van der Waals surface area (Å²) in [5.74, 6) is -0.340. The number of aryl methyl sites for hydroxylation is 1. The molecule has 3 aromatic carbocycles. The lowest BCUT2D eigenvalue weighted by molar-refractivity contribution is -0.141. The highest BCUT2D eigenvalue weighted by Crippen LogP contribution is 2.28. The van der Waals surface area contributed by atoms with E-state index in [-0.39, 0.29) is 30.2 Å². The molecule has 0 bridgehead atoms. The quantitative estimate of drug-likeness (QED) is 0.287. The van der Waals surface area contributed by atoms with Crippen LogP contribution in [0.25, 0.3) is 0 Å². The van der Waals surface area contributed by atoms with Gasteiger partial charge in [-0.1, -0.05) is 105 Å². The Morgan fingerprint density at radius 3 is 1.92 bits per heavy atom. The third kappa shape index (κ3) is 9.12. The molecule has 3 aromatic rings. The zero-order chi connectivity index (χ0) is 28.8. The van der Waals surface area contributed by atoms with Crippen LogP contribution in [0.2, 0.25) is 10.0 Å². The molecule has 2 amide bonds. The monoisotopic (exact) mass is 566 g/mol. The van der Waals surface area contributed by atoms with Crippen molar-refractivity contribution in [2.24, 2.45) is 0 Å². The zero-order valence-electron chi connectivity index (χ0n) is 23.9. The van der Waals surface area contributed by atoms with Gasteiger partial charge < -0.3 is 10.2 Å². The second kappa shape index (κ2) is 13.0. The van der Waals surface area contributed by atoms with Gasteiger partial charge >= 0.3 is 0 Å². The molecule has 0 radical (unpaired) electrons. The molecular weight excluding hydrogens is 527 g/mol. The Morgan fingerprint density at radius 2 is 1.38 bits per heavy atom. The van der Waals surface area contributed by atoms with Crippen molar-refractivity contribution in [1.29, 1.82) is 0 Å². The van der Waals surface area contributed by atoms with Crippen LogP contribution in [0.1, 0.15) is 70.2 Å². The Morgan fingerprint density at radius 1 is 0.795 bits per heavy atom. The fraction of sp³-hybridized carbons (Fsp3) is 0.394. The fourth-order valence-electron chi connectivity index (χ4n) is 4.43. The summed E-state index contributed by atoms with van der Waals surface area (Å²) in [7, 11) is 0. The summed E-state index contributed by atoms with van der Waals surface area (Å²) in [6.07, 6.45) is 1.19. The largest absolute Gasteiger partial charge is 0.350 e. The molecule has 4 nitrogen and oxygen atoms in total. The van der Waals surface area contributed by atoms with Crippen LogP contribution in [0.4, 0.5) is 0 Å². The first-order chi connectivity index (χ1) is 18.2. The van der Waals surface area contributed by atoms with Crippen LogP contribution in [0.3, 0.4) is 0 Å². The van der Waals surface area contributed by atoms with Gasteiger partial charge in [-0.05, 0) is 61.4 Å². The zero-order valence-corrected chi connectivity index (χ0v) is 25.4. The molecule has 0 heterocycles. The van der Waals surface area contributed by atoms with E-state index in [9.17, 15) is 9.59 Å². The van der Waals surface area contributed by atoms with Gasteiger partial charge in [0.1, 0.15) is 6.04 Å². The van der Waals surface area contributed by atoms with E-state index in [1.807, 2.05) is 51.1 Å². The van der Waals surface area contributed by atoms with E-state index in [1.54, 1.807) is 23.1 Å². The van der Waals surface area contributed by atoms with Crippen molar-refractivity contribution in [2.45, 2.75) is 84.3 Å². The summed E-state index contributed by atoms with van der Waals surface area (Å²) in [5.41, 5.74) is 3.51. The van der Waals surface area contributed by atoms with E-state index in [0.717, 1.165) is 11.1 Å². The Labute approximate surface area is 243 Å². The Hall–Kier alpha value is -2.82. The topological polar surface area (TPSA) is 49.4 Å². The van der Waals surface area contributed by atoms with E-state index in [2.05, 4.69) is 50.4 Å². The van der Waals surface area contributed by atoms with Crippen LogP contribution < -0.4 is 5.32 Å². The number of benzene rings is 3. The molecule has 0 spiro atoms. The average molecular weight is 568 g/mol. The maximum Gasteiger partial charge on any atom is 0.243 e. The maximum absolute atomic E-state index is 13.9. The lowest BCUT2D eigenvalue weighted by Gasteiger charge is -2.34. The van der Waals surface area contributed by atoms with Crippen molar-refractivity contribution in [2.75, 3.05) is 0 Å². The van der Waals surface area contributed by atoms with E-state index >= 15 is 0 Å². The van der Waals surface area contributed by atoms with E-state index in [4.69, 9.17) is 23.2 Å².